The lowest BCUT2D eigenvalue weighted by atomic mass is 9.90. The molecule has 100 valence electrons. The van der Waals surface area contributed by atoms with E-state index in [1.165, 1.54) is 11.1 Å². The van der Waals surface area contributed by atoms with E-state index in [9.17, 15) is 0 Å². The number of fused-ring (bicyclic) bond motifs is 1. The lowest BCUT2D eigenvalue weighted by molar-refractivity contribution is 0.345. The molecule has 0 aliphatic carbocycles. The van der Waals surface area contributed by atoms with Gasteiger partial charge < -0.3 is 9.84 Å². The van der Waals surface area contributed by atoms with Crippen LogP contribution in [0.3, 0.4) is 0 Å². The third-order valence-corrected chi connectivity index (χ3v) is 3.51. The first-order chi connectivity index (χ1) is 9.05. The van der Waals surface area contributed by atoms with Gasteiger partial charge in [-0.05, 0) is 11.1 Å². The number of aromatic nitrogens is 2. The summed E-state index contributed by atoms with van der Waals surface area (Å²) >= 11 is 0. The van der Waals surface area contributed by atoms with Gasteiger partial charge >= 0.3 is 0 Å². The topological polar surface area (TPSA) is 51.0 Å². The number of nitrogens with zero attached hydrogens (tertiary/aromatic N) is 2. The molecule has 1 aromatic carbocycles. The largest absolute Gasteiger partial charge is 0.339 e. The molecule has 4 heteroatoms. The summed E-state index contributed by atoms with van der Waals surface area (Å²) in [4.78, 5) is 4.59. The highest BCUT2D eigenvalue weighted by molar-refractivity contribution is 5.36. The number of nitrogens with one attached hydrogen (secondary N) is 1. The maximum Gasteiger partial charge on any atom is 0.235 e. The van der Waals surface area contributed by atoms with Crippen molar-refractivity contribution < 1.29 is 4.52 Å². The van der Waals surface area contributed by atoms with Crippen molar-refractivity contribution in [2.24, 2.45) is 0 Å². The van der Waals surface area contributed by atoms with E-state index < -0.39 is 0 Å². The minimum atomic E-state index is -0.0800. The van der Waals surface area contributed by atoms with Crippen molar-refractivity contribution in [1.29, 1.82) is 0 Å². The lowest BCUT2D eigenvalue weighted by Crippen LogP contribution is -2.29. The van der Waals surface area contributed by atoms with Crippen LogP contribution in [0, 0.1) is 0 Å². The Morgan fingerprint density at radius 2 is 2.05 bits per heavy atom. The molecule has 2 heterocycles. The van der Waals surface area contributed by atoms with E-state index in [-0.39, 0.29) is 11.3 Å². The normalized spacial score (nSPS) is 19.2. The Hall–Kier alpha value is -1.68. The summed E-state index contributed by atoms with van der Waals surface area (Å²) in [5.41, 5.74) is 2.53. The highest BCUT2D eigenvalue weighted by Gasteiger charge is 2.28. The van der Waals surface area contributed by atoms with E-state index >= 15 is 0 Å². The van der Waals surface area contributed by atoms with Gasteiger partial charge in [0, 0.05) is 18.5 Å². The molecule has 4 nitrogen and oxygen atoms in total. The summed E-state index contributed by atoms with van der Waals surface area (Å²) in [6.07, 6.45) is 0. The van der Waals surface area contributed by atoms with Crippen molar-refractivity contribution in [3.8, 4) is 0 Å². The second-order valence-corrected chi connectivity index (χ2v) is 6.09. The van der Waals surface area contributed by atoms with Gasteiger partial charge in [-0.3, -0.25) is 0 Å². The fourth-order valence-electron chi connectivity index (χ4n) is 2.40. The van der Waals surface area contributed by atoms with E-state index in [1.54, 1.807) is 0 Å². The molecule has 1 aromatic heterocycles. The Bertz CT molecular complexity index is 583. The summed E-state index contributed by atoms with van der Waals surface area (Å²) in [5, 5.41) is 7.53. The molecule has 0 radical (unpaired) electrons. The Labute approximate surface area is 113 Å². The van der Waals surface area contributed by atoms with E-state index in [1.807, 2.05) is 0 Å². The first-order valence-electron chi connectivity index (χ1n) is 6.68. The summed E-state index contributed by atoms with van der Waals surface area (Å²) in [5.74, 6) is 1.64. The molecule has 1 unspecified atom stereocenters. The molecule has 1 atom stereocenters. The molecular weight excluding hydrogens is 238 g/mol. The summed E-state index contributed by atoms with van der Waals surface area (Å²) in [7, 11) is 0. The van der Waals surface area contributed by atoms with Crippen molar-refractivity contribution >= 4 is 0 Å². The van der Waals surface area contributed by atoms with Gasteiger partial charge in [-0.15, -0.1) is 0 Å². The molecule has 19 heavy (non-hydrogen) atoms. The van der Waals surface area contributed by atoms with Crippen LogP contribution in [0.5, 0.6) is 0 Å². The van der Waals surface area contributed by atoms with E-state index in [0.29, 0.717) is 5.89 Å². The van der Waals surface area contributed by atoms with Crippen molar-refractivity contribution in [2.75, 3.05) is 6.54 Å². The predicted octanol–water partition coefficient (Wildman–Crippen LogP) is 2.60. The first kappa shape index (κ1) is 12.4. The molecule has 3 rings (SSSR count). The van der Waals surface area contributed by atoms with Gasteiger partial charge in [-0.1, -0.05) is 50.2 Å². The molecule has 0 spiro atoms. The number of rotatable bonds is 1. The third-order valence-electron chi connectivity index (χ3n) is 3.51. The molecule has 0 fully saturated rings. The van der Waals surface area contributed by atoms with Gasteiger partial charge in [0.05, 0.1) is 5.92 Å². The van der Waals surface area contributed by atoms with Gasteiger partial charge in [0.1, 0.15) is 0 Å². The zero-order chi connectivity index (χ0) is 13.5. The standard InChI is InChI=1S/C15H19N3O/c1-15(2,3)14-17-13(19-18-14)12-9-16-8-10-6-4-5-7-11(10)12/h4-7,12,16H,8-9H2,1-3H3. The number of benzene rings is 1. The monoisotopic (exact) mass is 257 g/mol. The van der Waals surface area contributed by atoms with Gasteiger partial charge in [0.15, 0.2) is 5.82 Å². The smallest absolute Gasteiger partial charge is 0.235 e. The molecule has 0 saturated carbocycles. The van der Waals surface area contributed by atoms with Crippen molar-refractivity contribution in [3.63, 3.8) is 0 Å². The minimum Gasteiger partial charge on any atom is -0.339 e. The van der Waals surface area contributed by atoms with Crippen LogP contribution in [0.2, 0.25) is 0 Å². The van der Waals surface area contributed by atoms with E-state index in [4.69, 9.17) is 4.52 Å². The summed E-state index contributed by atoms with van der Waals surface area (Å²) in [6, 6.07) is 8.44. The van der Waals surface area contributed by atoms with Gasteiger partial charge in [-0.2, -0.15) is 4.98 Å². The van der Waals surface area contributed by atoms with Crippen LogP contribution in [-0.2, 0) is 12.0 Å². The molecule has 0 amide bonds. The Morgan fingerprint density at radius 1 is 1.26 bits per heavy atom. The lowest BCUT2D eigenvalue weighted by Gasteiger charge is -2.23. The average Bonchev–Trinajstić information content (AvgIpc) is 2.87. The van der Waals surface area contributed by atoms with Crippen LogP contribution in [0.15, 0.2) is 28.8 Å². The minimum absolute atomic E-state index is 0.0800. The molecule has 1 aliphatic heterocycles. The molecule has 1 N–H and O–H groups in total. The number of hydrogen-bond donors (Lipinski definition) is 1. The van der Waals surface area contributed by atoms with Gasteiger partial charge in [0.25, 0.3) is 0 Å². The summed E-state index contributed by atoms with van der Waals surface area (Å²) < 4.78 is 5.49. The maximum absolute atomic E-state index is 5.49. The second kappa shape index (κ2) is 4.46. The first-order valence-corrected chi connectivity index (χ1v) is 6.68. The number of hydrogen-bond acceptors (Lipinski definition) is 4. The SMILES string of the molecule is CC(C)(C)c1noc(C2CNCc3ccccc32)n1. The highest BCUT2D eigenvalue weighted by atomic mass is 16.5. The second-order valence-electron chi connectivity index (χ2n) is 6.09. The maximum atomic E-state index is 5.49. The molecule has 2 aromatic rings. The summed E-state index contributed by atoms with van der Waals surface area (Å²) in [6.45, 7) is 8.04. The Balaban J connectivity index is 1.98. The molecule has 0 bridgehead atoms. The van der Waals surface area contributed by atoms with Crippen LogP contribution in [0.4, 0.5) is 0 Å². The van der Waals surface area contributed by atoms with Gasteiger partial charge in [0.2, 0.25) is 5.89 Å². The molecule has 0 saturated heterocycles. The van der Waals surface area contributed by atoms with Crippen LogP contribution < -0.4 is 5.32 Å². The highest BCUT2D eigenvalue weighted by Crippen LogP contribution is 2.30. The van der Waals surface area contributed by atoms with Crippen LogP contribution >= 0.6 is 0 Å². The molecular formula is C15H19N3O. The Morgan fingerprint density at radius 3 is 2.79 bits per heavy atom. The zero-order valence-corrected chi connectivity index (χ0v) is 11.6. The quantitative estimate of drug-likeness (QED) is 0.853. The van der Waals surface area contributed by atoms with Crippen molar-refractivity contribution in [2.45, 2.75) is 38.6 Å². The fraction of sp³-hybridized carbons (Fsp3) is 0.467. The predicted molar refractivity (Wildman–Crippen MR) is 73.0 cm³/mol. The van der Waals surface area contributed by atoms with Crippen LogP contribution in [-0.4, -0.2) is 16.7 Å². The van der Waals surface area contributed by atoms with Gasteiger partial charge in [-0.25, -0.2) is 0 Å². The van der Waals surface area contributed by atoms with E-state index in [0.717, 1.165) is 18.9 Å². The van der Waals surface area contributed by atoms with Crippen molar-refractivity contribution in [3.05, 3.63) is 47.1 Å². The average molecular weight is 257 g/mol. The van der Waals surface area contributed by atoms with Crippen LogP contribution in [0.25, 0.3) is 0 Å². The molecule has 1 aliphatic rings. The third kappa shape index (κ3) is 2.28. The fourth-order valence-corrected chi connectivity index (χ4v) is 2.40. The van der Waals surface area contributed by atoms with E-state index in [2.05, 4.69) is 60.5 Å². The zero-order valence-electron chi connectivity index (χ0n) is 11.6. The van der Waals surface area contributed by atoms with Crippen molar-refractivity contribution in [1.82, 2.24) is 15.5 Å². The van der Waals surface area contributed by atoms with Crippen LogP contribution in [0.1, 0.15) is 49.5 Å². The Kier molecular flexibility index (Phi) is 2.90.